The van der Waals surface area contributed by atoms with Crippen LogP contribution in [0, 0.1) is 11.8 Å². The lowest BCUT2D eigenvalue weighted by molar-refractivity contribution is -0.141. The molecule has 0 radical (unpaired) electrons. The number of aliphatic carboxylic acids is 1. The molecule has 2 rings (SSSR count). The van der Waals surface area contributed by atoms with E-state index in [1.54, 1.807) is 0 Å². The highest BCUT2D eigenvalue weighted by molar-refractivity contribution is 5.75. The summed E-state index contributed by atoms with van der Waals surface area (Å²) in [5.74, 6) is -0.342. The van der Waals surface area contributed by atoms with Crippen LogP contribution in [0.15, 0.2) is 0 Å². The number of hydrogen-bond acceptors (Lipinski definition) is 3. The Hall–Kier alpha value is -1.30. The lowest BCUT2D eigenvalue weighted by Crippen LogP contribution is -2.42. The van der Waals surface area contributed by atoms with Crippen molar-refractivity contribution >= 4 is 12.0 Å². The number of carboxylic acid groups (broad SMARTS) is 1. The number of carboxylic acids is 1. The first-order valence-electron chi connectivity index (χ1n) is 7.00. The summed E-state index contributed by atoms with van der Waals surface area (Å²) in [7, 11) is 0. The predicted octanol–water partition coefficient (Wildman–Crippen LogP) is 0.965. The molecule has 0 aromatic rings. The van der Waals surface area contributed by atoms with Crippen LogP contribution >= 0.6 is 0 Å². The van der Waals surface area contributed by atoms with Gasteiger partial charge < -0.3 is 20.5 Å². The standard InChI is InChI=1S/C13H22N2O4/c16-12(17)10-3-4-11(7-10)15-13(18)14-5-6-19-8-9-1-2-9/h9-11H,1-8H2,(H,16,17)(H2,14,15,18)/t10-,11+/m1/s1. The van der Waals surface area contributed by atoms with Gasteiger partial charge in [0.2, 0.25) is 0 Å². The van der Waals surface area contributed by atoms with Crippen molar-refractivity contribution < 1.29 is 19.4 Å². The lowest BCUT2D eigenvalue weighted by Gasteiger charge is -2.13. The van der Waals surface area contributed by atoms with Crippen molar-refractivity contribution in [1.82, 2.24) is 10.6 Å². The summed E-state index contributed by atoms with van der Waals surface area (Å²) in [6.45, 7) is 1.83. The van der Waals surface area contributed by atoms with Crippen LogP contribution in [0.5, 0.6) is 0 Å². The molecule has 0 unspecified atom stereocenters. The smallest absolute Gasteiger partial charge is 0.315 e. The van der Waals surface area contributed by atoms with E-state index in [-0.39, 0.29) is 18.0 Å². The van der Waals surface area contributed by atoms with Crippen molar-refractivity contribution in [3.8, 4) is 0 Å². The molecule has 0 aromatic carbocycles. The van der Waals surface area contributed by atoms with E-state index >= 15 is 0 Å². The molecule has 0 heterocycles. The quantitative estimate of drug-likeness (QED) is 0.601. The van der Waals surface area contributed by atoms with Crippen molar-refractivity contribution in [2.45, 2.75) is 38.1 Å². The minimum atomic E-state index is -0.766. The maximum atomic E-state index is 11.6. The summed E-state index contributed by atoms with van der Waals surface area (Å²) >= 11 is 0. The zero-order chi connectivity index (χ0) is 13.7. The van der Waals surface area contributed by atoms with E-state index in [4.69, 9.17) is 9.84 Å². The molecular weight excluding hydrogens is 248 g/mol. The SMILES string of the molecule is O=C(NCCOCC1CC1)N[C@H]1CC[C@@H](C(=O)O)C1. The molecule has 0 aromatic heterocycles. The molecule has 2 amide bonds. The van der Waals surface area contributed by atoms with Gasteiger partial charge in [0.05, 0.1) is 12.5 Å². The van der Waals surface area contributed by atoms with Crippen LogP contribution in [0.1, 0.15) is 32.1 Å². The van der Waals surface area contributed by atoms with E-state index < -0.39 is 5.97 Å². The van der Waals surface area contributed by atoms with Crippen LogP contribution in [-0.4, -0.2) is 42.9 Å². The zero-order valence-corrected chi connectivity index (χ0v) is 11.1. The Morgan fingerprint density at radius 1 is 1.21 bits per heavy atom. The summed E-state index contributed by atoms with van der Waals surface area (Å²) in [4.78, 5) is 22.4. The molecule has 6 nitrogen and oxygen atoms in total. The number of hydrogen-bond donors (Lipinski definition) is 3. The first-order chi connectivity index (χ1) is 9.15. The summed E-state index contributed by atoms with van der Waals surface area (Å²) in [5, 5.41) is 14.4. The van der Waals surface area contributed by atoms with Crippen LogP contribution in [0.4, 0.5) is 4.79 Å². The van der Waals surface area contributed by atoms with Gasteiger partial charge in [-0.1, -0.05) is 0 Å². The zero-order valence-electron chi connectivity index (χ0n) is 11.1. The summed E-state index contributed by atoms with van der Waals surface area (Å²) in [5.41, 5.74) is 0. The second-order valence-corrected chi connectivity index (χ2v) is 5.46. The van der Waals surface area contributed by atoms with Gasteiger partial charge in [0, 0.05) is 19.2 Å². The number of nitrogens with one attached hydrogen (secondary N) is 2. The third kappa shape index (κ3) is 5.06. The third-order valence-electron chi connectivity index (χ3n) is 3.70. The van der Waals surface area contributed by atoms with Crippen molar-refractivity contribution in [2.24, 2.45) is 11.8 Å². The molecule has 0 aliphatic heterocycles. The summed E-state index contributed by atoms with van der Waals surface area (Å²) in [6, 6.07) is -0.250. The molecule has 0 bridgehead atoms. The Labute approximate surface area is 112 Å². The van der Waals surface area contributed by atoms with Crippen molar-refractivity contribution in [1.29, 1.82) is 0 Å². The van der Waals surface area contributed by atoms with Crippen LogP contribution < -0.4 is 10.6 Å². The molecule has 3 N–H and O–H groups in total. The summed E-state index contributed by atoms with van der Waals surface area (Å²) < 4.78 is 5.41. The molecule has 2 aliphatic carbocycles. The van der Waals surface area contributed by atoms with Crippen molar-refractivity contribution in [2.75, 3.05) is 19.8 Å². The van der Waals surface area contributed by atoms with E-state index in [0.29, 0.717) is 26.0 Å². The molecule has 19 heavy (non-hydrogen) atoms. The van der Waals surface area contributed by atoms with Crippen molar-refractivity contribution in [3.05, 3.63) is 0 Å². The highest BCUT2D eigenvalue weighted by atomic mass is 16.5. The van der Waals surface area contributed by atoms with Gasteiger partial charge >= 0.3 is 12.0 Å². The van der Waals surface area contributed by atoms with Crippen molar-refractivity contribution in [3.63, 3.8) is 0 Å². The van der Waals surface area contributed by atoms with Crippen LogP contribution in [0.25, 0.3) is 0 Å². The van der Waals surface area contributed by atoms with Crippen LogP contribution in [0.3, 0.4) is 0 Å². The topological polar surface area (TPSA) is 87.7 Å². The number of amides is 2. The normalized spacial score (nSPS) is 26.1. The number of urea groups is 1. The van der Waals surface area contributed by atoms with E-state index in [1.165, 1.54) is 12.8 Å². The Morgan fingerprint density at radius 2 is 2.00 bits per heavy atom. The van der Waals surface area contributed by atoms with Gasteiger partial charge in [-0.3, -0.25) is 4.79 Å². The molecule has 0 spiro atoms. The second kappa shape index (κ2) is 6.75. The molecule has 2 atom stereocenters. The third-order valence-corrected chi connectivity index (χ3v) is 3.70. The van der Waals surface area contributed by atoms with Gasteiger partial charge in [-0.2, -0.15) is 0 Å². The number of rotatable bonds is 7. The second-order valence-electron chi connectivity index (χ2n) is 5.46. The molecule has 0 saturated heterocycles. The van der Waals surface area contributed by atoms with E-state index in [1.807, 2.05) is 0 Å². The highest BCUT2D eigenvalue weighted by Gasteiger charge is 2.30. The largest absolute Gasteiger partial charge is 0.481 e. The van der Waals surface area contributed by atoms with E-state index in [9.17, 15) is 9.59 Å². The lowest BCUT2D eigenvalue weighted by atomic mass is 10.1. The summed E-state index contributed by atoms with van der Waals surface area (Å²) in [6.07, 6.45) is 4.44. The molecule has 2 fully saturated rings. The Bertz CT molecular complexity index is 331. The first-order valence-corrected chi connectivity index (χ1v) is 7.00. The van der Waals surface area contributed by atoms with Gasteiger partial charge in [-0.05, 0) is 38.0 Å². The first kappa shape index (κ1) is 14.1. The Morgan fingerprint density at radius 3 is 2.63 bits per heavy atom. The fourth-order valence-electron chi connectivity index (χ4n) is 2.34. The van der Waals surface area contributed by atoms with Gasteiger partial charge in [0.15, 0.2) is 0 Å². The maximum absolute atomic E-state index is 11.6. The average molecular weight is 270 g/mol. The fourth-order valence-corrected chi connectivity index (χ4v) is 2.34. The van der Waals surface area contributed by atoms with E-state index in [2.05, 4.69) is 10.6 Å². The number of carbonyl (C=O) groups is 2. The molecule has 108 valence electrons. The van der Waals surface area contributed by atoms with Gasteiger partial charge in [0.25, 0.3) is 0 Å². The predicted molar refractivity (Wildman–Crippen MR) is 68.8 cm³/mol. The molecular formula is C13H22N2O4. The molecule has 6 heteroatoms. The van der Waals surface area contributed by atoms with Gasteiger partial charge in [-0.25, -0.2) is 4.79 Å². The fraction of sp³-hybridized carbons (Fsp3) is 0.846. The molecule has 2 aliphatic rings. The van der Waals surface area contributed by atoms with Gasteiger partial charge in [0.1, 0.15) is 0 Å². The Balaban J connectivity index is 1.50. The van der Waals surface area contributed by atoms with E-state index in [0.717, 1.165) is 18.9 Å². The maximum Gasteiger partial charge on any atom is 0.315 e. The molecule has 2 saturated carbocycles. The Kier molecular flexibility index (Phi) is 5.01. The monoisotopic (exact) mass is 270 g/mol. The van der Waals surface area contributed by atoms with Crippen LogP contribution in [0.2, 0.25) is 0 Å². The minimum Gasteiger partial charge on any atom is -0.481 e. The highest BCUT2D eigenvalue weighted by Crippen LogP contribution is 2.28. The number of carbonyl (C=O) groups excluding carboxylic acids is 1. The minimum absolute atomic E-state index is 0.0199. The van der Waals surface area contributed by atoms with Crippen LogP contribution in [-0.2, 0) is 9.53 Å². The average Bonchev–Trinajstić information content (AvgIpc) is 3.06. The number of ether oxygens (including phenoxy) is 1. The van der Waals surface area contributed by atoms with Gasteiger partial charge in [-0.15, -0.1) is 0 Å².